The van der Waals surface area contributed by atoms with Crippen molar-refractivity contribution in [3.63, 3.8) is 0 Å². The lowest BCUT2D eigenvalue weighted by Gasteiger charge is -2.13. The quantitative estimate of drug-likeness (QED) is 0.795. The maximum atomic E-state index is 11.9. The molecule has 94 valence electrons. The van der Waals surface area contributed by atoms with E-state index in [1.54, 1.807) is 0 Å². The van der Waals surface area contributed by atoms with Crippen LogP contribution in [0.5, 0.6) is 0 Å². The number of rotatable bonds is 5. The van der Waals surface area contributed by atoms with Gasteiger partial charge in [0.2, 0.25) is 10.0 Å². The Morgan fingerprint density at radius 2 is 2.00 bits per heavy atom. The molecule has 4 nitrogen and oxygen atoms in total. The zero-order valence-corrected chi connectivity index (χ0v) is 10.5. The first-order valence-electron chi connectivity index (χ1n) is 5.78. The number of aryl methyl sites for hydroxylation is 1. The molecule has 1 saturated heterocycles. The molecule has 0 radical (unpaired) electrons. The minimum atomic E-state index is -3.12. The summed E-state index contributed by atoms with van der Waals surface area (Å²) in [6.45, 7) is 1.22. The van der Waals surface area contributed by atoms with Gasteiger partial charge in [-0.15, -0.1) is 0 Å². The average molecular weight is 255 g/mol. The number of benzene rings is 1. The monoisotopic (exact) mass is 255 g/mol. The predicted molar refractivity (Wildman–Crippen MR) is 66.1 cm³/mol. The molecule has 0 amide bonds. The van der Waals surface area contributed by atoms with Gasteiger partial charge in [-0.05, 0) is 18.4 Å². The van der Waals surface area contributed by atoms with Crippen LogP contribution in [0.2, 0.25) is 0 Å². The summed E-state index contributed by atoms with van der Waals surface area (Å²) in [7, 11) is -3.12. The summed E-state index contributed by atoms with van der Waals surface area (Å²) < 4.78 is 30.2. The number of sulfonamides is 1. The highest BCUT2D eigenvalue weighted by Crippen LogP contribution is 2.10. The molecule has 0 aromatic heterocycles. The molecule has 0 saturated carbocycles. The number of nitrogens with zero attached hydrogens (tertiary/aromatic N) is 1. The summed E-state index contributed by atoms with van der Waals surface area (Å²) in [5.41, 5.74) is 1.18. The normalized spacial score (nSPS) is 17.4. The van der Waals surface area contributed by atoms with E-state index in [9.17, 15) is 8.42 Å². The van der Waals surface area contributed by atoms with E-state index in [0.717, 1.165) is 6.42 Å². The van der Waals surface area contributed by atoms with E-state index in [-0.39, 0.29) is 12.5 Å². The van der Waals surface area contributed by atoms with Gasteiger partial charge in [-0.2, -0.15) is 4.31 Å². The molecular formula is C12H17NO3S. The Hall–Kier alpha value is -0.910. The van der Waals surface area contributed by atoms with E-state index >= 15 is 0 Å². The minimum Gasteiger partial charge on any atom is -0.364 e. The highest BCUT2D eigenvalue weighted by atomic mass is 32.2. The van der Waals surface area contributed by atoms with E-state index in [4.69, 9.17) is 4.74 Å². The fourth-order valence-electron chi connectivity index (χ4n) is 1.85. The molecule has 2 rings (SSSR count). The van der Waals surface area contributed by atoms with Crippen LogP contribution in [0.15, 0.2) is 30.3 Å². The molecule has 0 N–H and O–H groups in total. The fraction of sp³-hybridized carbons (Fsp3) is 0.500. The minimum absolute atomic E-state index is 0.200. The van der Waals surface area contributed by atoms with Gasteiger partial charge < -0.3 is 4.74 Å². The van der Waals surface area contributed by atoms with Gasteiger partial charge in [0.1, 0.15) is 6.73 Å². The first kappa shape index (κ1) is 12.5. The zero-order valence-electron chi connectivity index (χ0n) is 9.71. The highest BCUT2D eigenvalue weighted by Gasteiger charge is 2.25. The maximum Gasteiger partial charge on any atom is 0.216 e. The Kier molecular flexibility index (Phi) is 4.15. The first-order chi connectivity index (χ1) is 8.18. The van der Waals surface area contributed by atoms with Crippen LogP contribution in [0.25, 0.3) is 0 Å². The standard InChI is InChI=1S/C12H17NO3S/c14-17(15,13-8-9-16-11-13)10-4-7-12-5-2-1-3-6-12/h1-3,5-6H,4,7-11H2. The molecular weight excluding hydrogens is 238 g/mol. The van der Waals surface area contributed by atoms with Gasteiger partial charge in [0.25, 0.3) is 0 Å². The summed E-state index contributed by atoms with van der Waals surface area (Å²) in [6, 6.07) is 9.94. The largest absolute Gasteiger partial charge is 0.364 e. The summed E-state index contributed by atoms with van der Waals surface area (Å²) in [5, 5.41) is 0. The molecule has 17 heavy (non-hydrogen) atoms. The zero-order chi connectivity index (χ0) is 12.1. The third-order valence-corrected chi connectivity index (χ3v) is 4.70. The van der Waals surface area contributed by atoms with Gasteiger partial charge in [-0.3, -0.25) is 0 Å². The Bertz CT molecular complexity index is 438. The first-order valence-corrected chi connectivity index (χ1v) is 7.39. The second kappa shape index (κ2) is 5.62. The molecule has 1 aromatic rings. The maximum absolute atomic E-state index is 11.9. The van der Waals surface area contributed by atoms with Crippen LogP contribution in [0.3, 0.4) is 0 Å². The summed E-state index contributed by atoms with van der Waals surface area (Å²) in [4.78, 5) is 0. The molecule has 0 spiro atoms. The molecule has 0 atom stereocenters. The van der Waals surface area contributed by atoms with Crippen molar-refractivity contribution in [2.24, 2.45) is 0 Å². The van der Waals surface area contributed by atoms with E-state index in [1.807, 2.05) is 30.3 Å². The van der Waals surface area contributed by atoms with Gasteiger partial charge in [0.05, 0.1) is 12.4 Å². The lowest BCUT2D eigenvalue weighted by molar-refractivity contribution is 0.172. The van der Waals surface area contributed by atoms with Crippen LogP contribution >= 0.6 is 0 Å². The molecule has 1 heterocycles. The highest BCUT2D eigenvalue weighted by molar-refractivity contribution is 7.89. The lowest BCUT2D eigenvalue weighted by atomic mass is 10.1. The second-order valence-electron chi connectivity index (χ2n) is 4.12. The van der Waals surface area contributed by atoms with E-state index in [1.165, 1.54) is 9.87 Å². The molecule has 0 bridgehead atoms. The summed E-state index contributed by atoms with van der Waals surface area (Å²) in [6.07, 6.45) is 1.46. The van der Waals surface area contributed by atoms with E-state index in [0.29, 0.717) is 19.6 Å². The van der Waals surface area contributed by atoms with Gasteiger partial charge in [0, 0.05) is 6.54 Å². The molecule has 1 aliphatic heterocycles. The Labute approximate surface area is 102 Å². The topological polar surface area (TPSA) is 46.6 Å². The number of hydrogen-bond donors (Lipinski definition) is 0. The molecule has 1 fully saturated rings. The SMILES string of the molecule is O=S(=O)(CCCc1ccccc1)N1CCOC1. The van der Waals surface area contributed by atoms with Gasteiger partial charge in [0.15, 0.2) is 0 Å². The van der Waals surface area contributed by atoms with Gasteiger partial charge >= 0.3 is 0 Å². The van der Waals surface area contributed by atoms with Crippen molar-refractivity contribution in [1.29, 1.82) is 0 Å². The van der Waals surface area contributed by atoms with Crippen molar-refractivity contribution in [2.45, 2.75) is 12.8 Å². The van der Waals surface area contributed by atoms with Crippen LogP contribution in [0.4, 0.5) is 0 Å². The molecule has 1 aromatic carbocycles. The van der Waals surface area contributed by atoms with Crippen LogP contribution in [0.1, 0.15) is 12.0 Å². The van der Waals surface area contributed by atoms with Gasteiger partial charge in [-0.1, -0.05) is 30.3 Å². The molecule has 1 aliphatic rings. The number of hydrogen-bond acceptors (Lipinski definition) is 3. The Morgan fingerprint density at radius 3 is 2.65 bits per heavy atom. The lowest BCUT2D eigenvalue weighted by Crippen LogP contribution is -2.30. The third kappa shape index (κ3) is 3.52. The van der Waals surface area contributed by atoms with Crippen molar-refractivity contribution < 1.29 is 13.2 Å². The summed E-state index contributed by atoms with van der Waals surface area (Å²) >= 11 is 0. The summed E-state index contributed by atoms with van der Waals surface area (Å²) in [5.74, 6) is 0.200. The van der Waals surface area contributed by atoms with Crippen molar-refractivity contribution in [3.8, 4) is 0 Å². The van der Waals surface area contributed by atoms with Crippen molar-refractivity contribution >= 4 is 10.0 Å². The molecule has 0 unspecified atom stereocenters. The van der Waals surface area contributed by atoms with E-state index in [2.05, 4.69) is 0 Å². The second-order valence-corrected chi connectivity index (χ2v) is 6.21. The molecule has 5 heteroatoms. The van der Waals surface area contributed by atoms with Crippen LogP contribution in [0, 0.1) is 0 Å². The average Bonchev–Trinajstić information content (AvgIpc) is 2.84. The van der Waals surface area contributed by atoms with Crippen molar-refractivity contribution in [3.05, 3.63) is 35.9 Å². The van der Waals surface area contributed by atoms with Gasteiger partial charge in [-0.25, -0.2) is 8.42 Å². The van der Waals surface area contributed by atoms with Crippen LogP contribution in [-0.2, 0) is 21.2 Å². The van der Waals surface area contributed by atoms with Crippen molar-refractivity contribution in [1.82, 2.24) is 4.31 Å². The van der Waals surface area contributed by atoms with Crippen LogP contribution < -0.4 is 0 Å². The number of ether oxygens (including phenoxy) is 1. The van der Waals surface area contributed by atoms with Crippen molar-refractivity contribution in [2.75, 3.05) is 25.6 Å². The Morgan fingerprint density at radius 1 is 1.24 bits per heavy atom. The predicted octanol–water partition coefficient (Wildman–Crippen LogP) is 1.24. The Balaban J connectivity index is 1.82. The fourth-order valence-corrected chi connectivity index (χ4v) is 3.20. The van der Waals surface area contributed by atoms with E-state index < -0.39 is 10.0 Å². The molecule has 0 aliphatic carbocycles. The smallest absolute Gasteiger partial charge is 0.216 e. The van der Waals surface area contributed by atoms with Crippen LogP contribution in [-0.4, -0.2) is 38.4 Å². The third-order valence-electron chi connectivity index (χ3n) is 2.82.